The number of fused-ring (bicyclic) bond motifs is 2. The van der Waals surface area contributed by atoms with Crippen molar-refractivity contribution >= 4 is 5.91 Å². The molecule has 0 N–H and O–H groups in total. The predicted molar refractivity (Wildman–Crippen MR) is 80.4 cm³/mol. The van der Waals surface area contributed by atoms with Crippen LogP contribution < -0.4 is 4.74 Å². The van der Waals surface area contributed by atoms with Crippen molar-refractivity contribution < 1.29 is 14.3 Å². The quantitative estimate of drug-likeness (QED) is 0.854. The molecule has 2 saturated heterocycles. The van der Waals surface area contributed by atoms with Crippen LogP contribution in [0.2, 0.25) is 0 Å². The molecule has 0 spiro atoms. The standard InChI is InChI=1S/C17H23NO3/c1-20-15-7-3-12(4-8-15)9-17(19)18-13-5-6-14(18)11-16(10-13)21-2/h3-4,7-8,13-14,16H,5-6,9-11H2,1-2H3. The molecular formula is C17H23NO3. The van der Waals surface area contributed by atoms with Gasteiger partial charge in [0.2, 0.25) is 5.91 Å². The van der Waals surface area contributed by atoms with E-state index in [1.54, 1.807) is 14.2 Å². The van der Waals surface area contributed by atoms with Gasteiger partial charge in [0, 0.05) is 19.2 Å². The van der Waals surface area contributed by atoms with Gasteiger partial charge >= 0.3 is 0 Å². The third-order valence-corrected chi connectivity index (χ3v) is 4.83. The van der Waals surface area contributed by atoms with Crippen LogP contribution in [0.3, 0.4) is 0 Å². The summed E-state index contributed by atoms with van der Waals surface area (Å²) in [7, 11) is 3.43. The van der Waals surface area contributed by atoms with Crippen LogP contribution in [0.1, 0.15) is 31.2 Å². The second-order valence-electron chi connectivity index (χ2n) is 6.04. The van der Waals surface area contributed by atoms with Gasteiger partial charge in [-0.3, -0.25) is 4.79 Å². The number of hydrogen-bond acceptors (Lipinski definition) is 3. The monoisotopic (exact) mass is 289 g/mol. The van der Waals surface area contributed by atoms with Gasteiger partial charge in [0.25, 0.3) is 0 Å². The van der Waals surface area contributed by atoms with Crippen LogP contribution in [0.15, 0.2) is 24.3 Å². The van der Waals surface area contributed by atoms with Crippen LogP contribution in [-0.2, 0) is 16.0 Å². The molecule has 2 heterocycles. The Morgan fingerprint density at radius 2 is 1.76 bits per heavy atom. The first-order valence-electron chi connectivity index (χ1n) is 7.68. The van der Waals surface area contributed by atoms with Crippen LogP contribution in [0.25, 0.3) is 0 Å². The van der Waals surface area contributed by atoms with Gasteiger partial charge in [-0.05, 0) is 43.4 Å². The summed E-state index contributed by atoms with van der Waals surface area (Å²) in [5.74, 6) is 1.08. The highest BCUT2D eigenvalue weighted by Crippen LogP contribution is 2.37. The number of carbonyl (C=O) groups excluding carboxylic acids is 1. The summed E-state index contributed by atoms with van der Waals surface area (Å²) >= 11 is 0. The fraction of sp³-hybridized carbons (Fsp3) is 0.588. The molecule has 2 atom stereocenters. The molecule has 114 valence electrons. The van der Waals surface area contributed by atoms with E-state index in [2.05, 4.69) is 4.90 Å². The average Bonchev–Trinajstić information content (AvgIpc) is 2.78. The van der Waals surface area contributed by atoms with E-state index in [4.69, 9.17) is 9.47 Å². The highest BCUT2D eigenvalue weighted by molar-refractivity contribution is 5.80. The van der Waals surface area contributed by atoms with Gasteiger partial charge in [-0.1, -0.05) is 12.1 Å². The third kappa shape index (κ3) is 2.91. The van der Waals surface area contributed by atoms with Gasteiger partial charge in [0.15, 0.2) is 0 Å². The van der Waals surface area contributed by atoms with Crippen molar-refractivity contribution in [3.05, 3.63) is 29.8 Å². The van der Waals surface area contributed by atoms with Crippen LogP contribution in [0.4, 0.5) is 0 Å². The summed E-state index contributed by atoms with van der Waals surface area (Å²) in [5.41, 5.74) is 1.05. The molecule has 21 heavy (non-hydrogen) atoms. The van der Waals surface area contributed by atoms with Crippen LogP contribution in [0, 0.1) is 0 Å². The van der Waals surface area contributed by atoms with Crippen LogP contribution in [-0.4, -0.2) is 43.2 Å². The molecule has 0 saturated carbocycles. The zero-order valence-corrected chi connectivity index (χ0v) is 12.7. The normalized spacial score (nSPS) is 27.7. The Hall–Kier alpha value is -1.55. The Morgan fingerprint density at radius 1 is 1.14 bits per heavy atom. The molecule has 1 aromatic carbocycles. The average molecular weight is 289 g/mol. The number of piperidine rings is 1. The van der Waals surface area contributed by atoms with Crippen molar-refractivity contribution in [3.63, 3.8) is 0 Å². The second-order valence-corrected chi connectivity index (χ2v) is 6.04. The Bertz CT molecular complexity index is 485. The Labute approximate surface area is 126 Å². The van der Waals surface area contributed by atoms with Gasteiger partial charge in [-0.15, -0.1) is 0 Å². The number of benzene rings is 1. The molecule has 0 aliphatic carbocycles. The highest BCUT2D eigenvalue weighted by atomic mass is 16.5. The molecule has 2 aliphatic rings. The lowest BCUT2D eigenvalue weighted by molar-refractivity contribution is -0.137. The van der Waals surface area contributed by atoms with E-state index in [1.807, 2.05) is 24.3 Å². The molecule has 0 aromatic heterocycles. The number of rotatable bonds is 4. The van der Waals surface area contributed by atoms with E-state index >= 15 is 0 Å². The van der Waals surface area contributed by atoms with Crippen molar-refractivity contribution in [2.24, 2.45) is 0 Å². The summed E-state index contributed by atoms with van der Waals surface area (Å²) < 4.78 is 10.6. The minimum atomic E-state index is 0.252. The van der Waals surface area contributed by atoms with Gasteiger partial charge < -0.3 is 14.4 Å². The topological polar surface area (TPSA) is 38.8 Å². The van der Waals surface area contributed by atoms with Crippen molar-refractivity contribution in [1.82, 2.24) is 4.90 Å². The summed E-state index contributed by atoms with van der Waals surface area (Å²) in [6, 6.07) is 8.52. The van der Waals surface area contributed by atoms with Crippen LogP contribution >= 0.6 is 0 Å². The van der Waals surface area contributed by atoms with Gasteiger partial charge in [-0.2, -0.15) is 0 Å². The SMILES string of the molecule is COc1ccc(CC(=O)N2C3CCC2CC(OC)C3)cc1. The lowest BCUT2D eigenvalue weighted by Crippen LogP contribution is -2.48. The van der Waals surface area contributed by atoms with Crippen molar-refractivity contribution in [2.75, 3.05) is 14.2 Å². The molecule has 2 bridgehead atoms. The van der Waals surface area contributed by atoms with E-state index in [-0.39, 0.29) is 5.91 Å². The van der Waals surface area contributed by atoms with Crippen molar-refractivity contribution in [1.29, 1.82) is 0 Å². The van der Waals surface area contributed by atoms with Crippen molar-refractivity contribution in [2.45, 2.75) is 50.3 Å². The van der Waals surface area contributed by atoms with Gasteiger partial charge in [-0.25, -0.2) is 0 Å². The predicted octanol–water partition coefficient (Wildman–Crippen LogP) is 2.41. The first kappa shape index (κ1) is 14.4. The molecular weight excluding hydrogens is 266 g/mol. The lowest BCUT2D eigenvalue weighted by atomic mass is 9.98. The zero-order valence-electron chi connectivity index (χ0n) is 12.7. The number of amides is 1. The lowest BCUT2D eigenvalue weighted by Gasteiger charge is -2.38. The first-order chi connectivity index (χ1) is 10.2. The van der Waals surface area contributed by atoms with E-state index in [1.165, 1.54) is 0 Å². The Morgan fingerprint density at radius 3 is 2.29 bits per heavy atom. The molecule has 1 aromatic rings. The minimum Gasteiger partial charge on any atom is -0.497 e. The summed E-state index contributed by atoms with van der Waals surface area (Å²) in [6.07, 6.45) is 5.03. The Balaban J connectivity index is 1.65. The zero-order chi connectivity index (χ0) is 14.8. The number of hydrogen-bond donors (Lipinski definition) is 0. The fourth-order valence-corrected chi connectivity index (χ4v) is 3.74. The number of methoxy groups -OCH3 is 2. The second kappa shape index (κ2) is 6.06. The van der Waals surface area contributed by atoms with Gasteiger partial charge in [0.1, 0.15) is 5.75 Å². The molecule has 2 unspecified atom stereocenters. The van der Waals surface area contributed by atoms with Crippen LogP contribution in [0.5, 0.6) is 5.75 Å². The number of ether oxygens (including phenoxy) is 2. The molecule has 1 amide bonds. The number of carbonyl (C=O) groups is 1. The van der Waals surface area contributed by atoms with E-state index in [0.717, 1.165) is 37.0 Å². The summed E-state index contributed by atoms with van der Waals surface area (Å²) in [5, 5.41) is 0. The maximum Gasteiger partial charge on any atom is 0.227 e. The Kier molecular flexibility index (Phi) is 4.15. The van der Waals surface area contributed by atoms with Gasteiger partial charge in [0.05, 0.1) is 19.6 Å². The van der Waals surface area contributed by atoms with E-state index < -0.39 is 0 Å². The third-order valence-electron chi connectivity index (χ3n) is 4.83. The largest absolute Gasteiger partial charge is 0.497 e. The smallest absolute Gasteiger partial charge is 0.227 e. The molecule has 3 rings (SSSR count). The fourth-order valence-electron chi connectivity index (χ4n) is 3.74. The van der Waals surface area contributed by atoms with E-state index in [0.29, 0.717) is 24.6 Å². The maximum atomic E-state index is 12.6. The molecule has 2 fully saturated rings. The van der Waals surface area contributed by atoms with E-state index in [9.17, 15) is 4.79 Å². The van der Waals surface area contributed by atoms with Crippen molar-refractivity contribution in [3.8, 4) is 5.75 Å². The summed E-state index contributed by atoms with van der Waals surface area (Å²) in [4.78, 5) is 14.8. The first-order valence-corrected chi connectivity index (χ1v) is 7.68. The highest BCUT2D eigenvalue weighted by Gasteiger charge is 2.42. The number of nitrogens with zero attached hydrogens (tertiary/aromatic N) is 1. The summed E-state index contributed by atoms with van der Waals surface area (Å²) in [6.45, 7) is 0. The minimum absolute atomic E-state index is 0.252. The molecule has 2 aliphatic heterocycles. The maximum absolute atomic E-state index is 12.6. The molecule has 4 heteroatoms. The molecule has 0 radical (unpaired) electrons. The molecule has 4 nitrogen and oxygen atoms in total.